The van der Waals surface area contributed by atoms with Crippen molar-refractivity contribution >= 4 is 19.8 Å². The van der Waals surface area contributed by atoms with Crippen LogP contribution in [0.5, 0.6) is 0 Å². The Labute approximate surface area is 299 Å². The van der Waals surface area contributed by atoms with Gasteiger partial charge in [0.2, 0.25) is 0 Å². The monoisotopic (exact) mass is 712 g/mol. The lowest BCUT2D eigenvalue weighted by molar-refractivity contribution is -0.161. The van der Waals surface area contributed by atoms with Crippen molar-refractivity contribution in [3.8, 4) is 0 Å². The van der Waals surface area contributed by atoms with Crippen LogP contribution in [0.2, 0.25) is 0 Å². The number of aliphatic hydroxyl groups excluding tert-OH is 2. The normalized spacial score (nSPS) is 17.0. The van der Waals surface area contributed by atoms with Gasteiger partial charge in [0, 0.05) is 12.8 Å². The molecule has 0 heterocycles. The molecule has 0 aromatic rings. The van der Waals surface area contributed by atoms with E-state index in [0.717, 1.165) is 70.6 Å². The van der Waals surface area contributed by atoms with E-state index in [0.29, 0.717) is 19.3 Å². The first-order valence-electron chi connectivity index (χ1n) is 21.1. The third kappa shape index (κ3) is 33.2. The number of hydrogen-bond acceptors (Lipinski definition) is 9. The molecule has 0 rings (SSSR count). The van der Waals surface area contributed by atoms with Crippen LogP contribution in [0.3, 0.4) is 0 Å². The van der Waals surface area contributed by atoms with Crippen molar-refractivity contribution in [1.29, 1.82) is 0 Å². The van der Waals surface area contributed by atoms with E-state index in [1.807, 2.05) is 0 Å². The zero-order valence-electron chi connectivity index (χ0n) is 35.0. The fourth-order valence-corrected chi connectivity index (χ4v) is 5.43. The molecule has 0 saturated carbocycles. The molecule has 11 heteroatoms. The molecule has 2 unspecified atom stereocenters. The molecule has 3 atom stereocenters. The summed E-state index contributed by atoms with van der Waals surface area (Å²) in [5.74, 6) is -2.32. The van der Waals surface area contributed by atoms with E-state index >= 15 is 0 Å². The van der Waals surface area contributed by atoms with Crippen molar-refractivity contribution in [2.24, 2.45) is 0 Å². The molecule has 0 saturated heterocycles. The first kappa shape index (κ1) is 38.0. The summed E-state index contributed by atoms with van der Waals surface area (Å²) in [6, 6.07) is 0. The average molecular weight is 712 g/mol. The Hall–Kier alpha value is -1.29. The number of hydrogen-bond donors (Lipinski definition) is 3. The van der Waals surface area contributed by atoms with E-state index in [9.17, 15) is 24.2 Å². The van der Waals surface area contributed by atoms with Crippen molar-refractivity contribution in [3.63, 3.8) is 0 Å². The SMILES string of the molecule is [2H]C([2H])(OC(=O)CCCCCCCCCCCCCCCC)[C@@]([2H])(OC(=O)CCCCCCC/C=C/CCCC)C([2H])([2H])OP(=O)(O)OCC(O)CO. The maximum atomic E-state index is 12.8. The van der Waals surface area contributed by atoms with Crippen LogP contribution < -0.4 is 0 Å². The van der Waals surface area contributed by atoms with Crippen LogP contribution in [-0.2, 0) is 32.7 Å². The lowest BCUT2D eigenvalue weighted by Crippen LogP contribution is -2.29. The molecule has 0 bridgehead atoms. The number of esters is 2. The molecule has 48 heavy (non-hydrogen) atoms. The highest BCUT2D eigenvalue weighted by Gasteiger charge is 2.27. The fraction of sp³-hybridized carbons (Fsp3) is 0.892. The Morgan fingerprint density at radius 2 is 1.15 bits per heavy atom. The number of ether oxygens (including phenoxy) is 2. The van der Waals surface area contributed by atoms with Crippen LogP contribution in [0.15, 0.2) is 12.2 Å². The Bertz CT molecular complexity index is 1040. The predicted molar refractivity (Wildman–Crippen MR) is 192 cm³/mol. The number of rotatable bonds is 36. The number of allylic oxidation sites excluding steroid dienone is 2. The summed E-state index contributed by atoms with van der Waals surface area (Å²) in [6.45, 7) is -5.08. The summed E-state index contributed by atoms with van der Waals surface area (Å²) in [7, 11) is -5.49. The lowest BCUT2D eigenvalue weighted by Gasteiger charge is -2.20. The Balaban J connectivity index is 5.13. The van der Waals surface area contributed by atoms with Gasteiger partial charge in [-0.1, -0.05) is 142 Å². The summed E-state index contributed by atoms with van der Waals surface area (Å²) >= 11 is 0. The number of aliphatic hydroxyl groups is 2. The quantitative estimate of drug-likeness (QED) is 0.0248. The molecule has 0 aliphatic rings. The number of phosphoric ester groups is 1. The molecule has 0 fully saturated rings. The molecule has 0 aliphatic carbocycles. The third-order valence-electron chi connectivity index (χ3n) is 7.75. The van der Waals surface area contributed by atoms with Gasteiger partial charge in [0.1, 0.15) is 12.7 Å². The molecule has 0 amide bonds. The molecule has 0 aromatic carbocycles. The van der Waals surface area contributed by atoms with Gasteiger partial charge in [0.25, 0.3) is 0 Å². The van der Waals surface area contributed by atoms with Gasteiger partial charge in [0.05, 0.1) is 26.6 Å². The van der Waals surface area contributed by atoms with Crippen molar-refractivity contribution in [3.05, 3.63) is 12.2 Å². The second-order valence-corrected chi connectivity index (χ2v) is 13.8. The summed E-state index contributed by atoms with van der Waals surface area (Å²) in [6.07, 6.45) is 21.5. The summed E-state index contributed by atoms with van der Waals surface area (Å²) in [4.78, 5) is 35.6. The predicted octanol–water partition coefficient (Wildman–Crippen LogP) is 9.28. The minimum atomic E-state index is -5.49. The van der Waals surface area contributed by atoms with E-state index in [2.05, 4.69) is 35.0 Å². The van der Waals surface area contributed by atoms with Crippen molar-refractivity contribution in [1.82, 2.24) is 0 Å². The number of phosphoric acid groups is 1. The zero-order chi connectivity index (χ0) is 40.1. The van der Waals surface area contributed by atoms with Gasteiger partial charge in [-0.2, -0.15) is 0 Å². The van der Waals surface area contributed by atoms with Gasteiger partial charge in [-0.25, -0.2) is 4.57 Å². The first-order valence-corrected chi connectivity index (χ1v) is 20.1. The highest BCUT2D eigenvalue weighted by Crippen LogP contribution is 2.43. The molecule has 0 aromatic heterocycles. The zero-order valence-corrected chi connectivity index (χ0v) is 30.9. The van der Waals surface area contributed by atoms with E-state index in [-0.39, 0.29) is 19.3 Å². The largest absolute Gasteiger partial charge is 0.472 e. The van der Waals surface area contributed by atoms with Crippen LogP contribution in [-0.4, -0.2) is 65.6 Å². The summed E-state index contributed by atoms with van der Waals surface area (Å²) in [5.41, 5.74) is 0. The molecule has 0 radical (unpaired) electrons. The van der Waals surface area contributed by atoms with Crippen LogP contribution in [0, 0.1) is 0 Å². The highest BCUT2D eigenvalue weighted by atomic mass is 31.2. The maximum absolute atomic E-state index is 12.8. The molecule has 284 valence electrons. The maximum Gasteiger partial charge on any atom is 0.472 e. The van der Waals surface area contributed by atoms with Gasteiger partial charge in [-0.05, 0) is 32.1 Å². The number of unbranched alkanes of at least 4 members (excludes halogenated alkanes) is 20. The first-order chi connectivity index (χ1) is 25.1. The van der Waals surface area contributed by atoms with Crippen LogP contribution in [0.25, 0.3) is 0 Å². The molecule has 0 aliphatic heterocycles. The Morgan fingerprint density at radius 1 is 0.688 bits per heavy atom. The van der Waals surface area contributed by atoms with E-state index in [1.165, 1.54) is 51.4 Å². The second-order valence-electron chi connectivity index (χ2n) is 12.4. The average Bonchev–Trinajstić information content (AvgIpc) is 3.08. The molecular weight excluding hydrogens is 635 g/mol. The van der Waals surface area contributed by atoms with Crippen molar-refractivity contribution < 1.29 is 54.6 Å². The topological polar surface area (TPSA) is 149 Å². The highest BCUT2D eigenvalue weighted by molar-refractivity contribution is 7.47. The van der Waals surface area contributed by atoms with Gasteiger partial charge >= 0.3 is 19.8 Å². The Kier molecular flexibility index (Phi) is 27.0. The second kappa shape index (κ2) is 34.2. The summed E-state index contributed by atoms with van der Waals surface area (Å²) < 4.78 is 73.2. The molecule has 10 nitrogen and oxygen atoms in total. The minimum absolute atomic E-state index is 0.249. The van der Waals surface area contributed by atoms with Crippen LogP contribution >= 0.6 is 7.82 Å². The smallest absolute Gasteiger partial charge is 0.462 e. The van der Waals surface area contributed by atoms with Gasteiger partial charge in [0.15, 0.2) is 6.08 Å². The lowest BCUT2D eigenvalue weighted by atomic mass is 10.0. The van der Waals surface area contributed by atoms with Gasteiger partial charge < -0.3 is 24.6 Å². The van der Waals surface area contributed by atoms with Crippen molar-refractivity contribution in [2.45, 2.75) is 187 Å². The van der Waals surface area contributed by atoms with Crippen molar-refractivity contribution in [2.75, 3.05) is 26.3 Å². The summed E-state index contributed by atoms with van der Waals surface area (Å²) in [5, 5.41) is 18.4. The number of carbonyl (C=O) groups is 2. The minimum Gasteiger partial charge on any atom is -0.462 e. The van der Waals surface area contributed by atoms with Gasteiger partial charge in [-0.3, -0.25) is 18.6 Å². The fourth-order valence-electron chi connectivity index (χ4n) is 4.82. The third-order valence-corrected chi connectivity index (χ3v) is 8.54. The molecule has 3 N–H and O–H groups in total. The standard InChI is InChI=1S/C37H71O10P/c1-3-5-7-9-11-13-15-16-17-19-20-22-24-26-28-36(40)44-32-35(33-46-48(42,43)45-31-34(39)30-38)47-37(41)29-27-25-23-21-18-14-12-10-8-6-4-2/h10,12,34-35,38-39H,3-9,11,13-33H2,1-2H3,(H,42,43)/b12-10+/t34?,35-/m1/s1/i32D2,33D2,35D. The molecular formula is C37H71O10P. The van der Waals surface area contributed by atoms with Gasteiger partial charge in [-0.15, -0.1) is 0 Å². The molecule has 0 spiro atoms. The van der Waals surface area contributed by atoms with Crippen LogP contribution in [0.1, 0.15) is 181 Å². The van der Waals surface area contributed by atoms with E-state index in [1.54, 1.807) is 0 Å². The Morgan fingerprint density at radius 3 is 1.67 bits per heavy atom. The van der Waals surface area contributed by atoms with E-state index < -0.39 is 58.3 Å². The number of carbonyl (C=O) groups excluding carboxylic acids is 2. The van der Waals surface area contributed by atoms with Crippen LogP contribution in [0.4, 0.5) is 0 Å². The van der Waals surface area contributed by atoms with E-state index in [4.69, 9.17) is 21.4 Å².